The topological polar surface area (TPSA) is 236 Å². The van der Waals surface area contributed by atoms with Crippen LogP contribution in [0.2, 0.25) is 0 Å². The first kappa shape index (κ1) is 33.4. The summed E-state index contributed by atoms with van der Waals surface area (Å²) in [6, 6.07) is 0. The zero-order chi connectivity index (χ0) is 31.3. The largest absolute Gasteiger partial charge is 0.481 e. The van der Waals surface area contributed by atoms with E-state index in [1.807, 2.05) is 0 Å². The third-order valence-corrected chi connectivity index (χ3v) is 8.17. The highest BCUT2D eigenvalue weighted by Crippen LogP contribution is 2.42. The number of aliphatic hydroxyl groups is 4. The molecule has 1 saturated heterocycles. The highest BCUT2D eigenvalue weighted by Gasteiger charge is 2.48. The summed E-state index contributed by atoms with van der Waals surface area (Å²) in [5.41, 5.74) is 0.0960. The van der Waals surface area contributed by atoms with E-state index in [1.165, 1.54) is 6.08 Å². The van der Waals surface area contributed by atoms with Crippen LogP contribution in [0.1, 0.15) is 33.1 Å². The summed E-state index contributed by atoms with van der Waals surface area (Å²) < 4.78 is 26.7. The number of allylic oxidation sites excluding steroid dienone is 1. The Labute approximate surface area is 241 Å². The number of hydrogen-bond acceptors (Lipinski definition) is 13. The smallest absolute Gasteiger partial charge is 0.337 e. The van der Waals surface area contributed by atoms with E-state index in [1.54, 1.807) is 13.8 Å². The van der Waals surface area contributed by atoms with Crippen molar-refractivity contribution >= 4 is 23.9 Å². The minimum absolute atomic E-state index is 0.0958. The van der Waals surface area contributed by atoms with Crippen LogP contribution in [0.25, 0.3) is 0 Å². The van der Waals surface area contributed by atoms with Gasteiger partial charge in [0, 0.05) is 11.5 Å². The minimum Gasteiger partial charge on any atom is -0.481 e. The van der Waals surface area contributed by atoms with Crippen LogP contribution in [0.5, 0.6) is 0 Å². The molecule has 1 saturated carbocycles. The molecule has 11 atom stereocenters. The Hall–Kier alpha value is -3.08. The number of carbonyl (C=O) groups is 4. The van der Waals surface area contributed by atoms with E-state index in [0.29, 0.717) is 12.8 Å². The fourth-order valence-electron chi connectivity index (χ4n) is 5.83. The molecular formula is C27H38O15. The van der Waals surface area contributed by atoms with Crippen molar-refractivity contribution in [2.75, 3.05) is 20.3 Å². The summed E-state index contributed by atoms with van der Waals surface area (Å²) in [7, 11) is 1.11. The molecule has 6 N–H and O–H groups in total. The van der Waals surface area contributed by atoms with Crippen LogP contribution < -0.4 is 0 Å². The molecule has 0 aromatic carbocycles. The summed E-state index contributed by atoms with van der Waals surface area (Å²) in [6.45, 7) is 2.01. The predicted molar refractivity (Wildman–Crippen MR) is 137 cm³/mol. The molecule has 11 unspecified atom stereocenters. The number of hydrogen-bond donors (Lipinski definition) is 6. The molecule has 3 rings (SSSR count). The number of carboxylic acid groups (broad SMARTS) is 2. The molecular weight excluding hydrogens is 564 g/mol. The highest BCUT2D eigenvalue weighted by atomic mass is 16.8. The maximum Gasteiger partial charge on any atom is 0.337 e. The van der Waals surface area contributed by atoms with E-state index in [-0.39, 0.29) is 17.1 Å². The lowest BCUT2D eigenvalue weighted by molar-refractivity contribution is -0.327. The number of rotatable bonds is 11. The number of methoxy groups -OCH3 is 1. The average molecular weight is 603 g/mol. The van der Waals surface area contributed by atoms with E-state index in [9.17, 15) is 49.8 Å². The van der Waals surface area contributed by atoms with Gasteiger partial charge in [-0.25, -0.2) is 4.79 Å². The zero-order valence-corrected chi connectivity index (χ0v) is 23.4. The Morgan fingerprint density at radius 1 is 1.10 bits per heavy atom. The molecule has 15 heteroatoms. The van der Waals surface area contributed by atoms with Crippen molar-refractivity contribution in [3.8, 4) is 0 Å². The van der Waals surface area contributed by atoms with Crippen molar-refractivity contribution in [2.24, 2.45) is 29.6 Å². The Balaban J connectivity index is 1.77. The number of carboxylic acids is 2. The highest BCUT2D eigenvalue weighted by molar-refractivity contribution is 5.90. The minimum atomic E-state index is -1.75. The molecule has 3 aliphatic rings. The molecule has 2 aliphatic heterocycles. The molecule has 0 aromatic rings. The zero-order valence-electron chi connectivity index (χ0n) is 23.4. The Kier molecular flexibility index (Phi) is 11.5. The second kappa shape index (κ2) is 14.4. The van der Waals surface area contributed by atoms with Crippen LogP contribution in [0.3, 0.4) is 0 Å². The third kappa shape index (κ3) is 7.10. The number of aliphatic hydroxyl groups excluding tert-OH is 4. The maximum absolute atomic E-state index is 13.0. The van der Waals surface area contributed by atoms with Crippen molar-refractivity contribution in [2.45, 2.75) is 70.1 Å². The standard InChI is InChI=1S/C27H38O15/c1-4-12-14(7-18(29)39-9-15(23(33)34)13-6-5-11(2)19(13)24(35)36)16(25(37)38-3)10-40-26(12)42-27-22(32)21(31)20(30)17(8-28)41-27/h4,10-11,13-15,17,19-22,26-28,30-32H,5-9H2,1-3H3,(H,33,34)(H,35,36). The predicted octanol–water partition coefficient (Wildman–Crippen LogP) is -0.840. The average Bonchev–Trinajstić information content (AvgIpc) is 3.33. The molecule has 0 bridgehead atoms. The van der Waals surface area contributed by atoms with Crippen LogP contribution in [-0.4, -0.2) is 112 Å². The molecule has 2 heterocycles. The van der Waals surface area contributed by atoms with Gasteiger partial charge >= 0.3 is 23.9 Å². The van der Waals surface area contributed by atoms with Gasteiger partial charge in [-0.15, -0.1) is 0 Å². The quantitative estimate of drug-likeness (QED) is 0.125. The second-order valence-electron chi connectivity index (χ2n) is 10.6. The summed E-state index contributed by atoms with van der Waals surface area (Å²) in [6.07, 6.45) is -6.48. The molecule has 0 amide bonds. The lowest BCUT2D eigenvalue weighted by atomic mass is 9.81. The fourth-order valence-corrected chi connectivity index (χ4v) is 5.83. The van der Waals surface area contributed by atoms with E-state index in [0.717, 1.165) is 13.4 Å². The van der Waals surface area contributed by atoms with Gasteiger partial charge in [-0.05, 0) is 31.6 Å². The van der Waals surface area contributed by atoms with Crippen LogP contribution in [0.4, 0.5) is 0 Å². The normalized spacial score (nSPS) is 36.5. The number of ether oxygens (including phenoxy) is 5. The van der Waals surface area contributed by atoms with Crippen LogP contribution >= 0.6 is 0 Å². The first-order valence-electron chi connectivity index (χ1n) is 13.5. The van der Waals surface area contributed by atoms with Gasteiger partial charge < -0.3 is 54.3 Å². The third-order valence-electron chi connectivity index (χ3n) is 8.17. The SMILES string of the molecule is CC=C1C(OC2OC(CO)C(O)C(O)C2O)OC=C(C(=O)OC)C1CC(=O)OCC(C(=O)O)C1CCC(C)C1C(=O)O. The van der Waals surface area contributed by atoms with Gasteiger partial charge in [0.2, 0.25) is 6.29 Å². The lowest BCUT2D eigenvalue weighted by Crippen LogP contribution is -2.60. The molecule has 0 spiro atoms. The molecule has 1 aliphatic carbocycles. The van der Waals surface area contributed by atoms with E-state index in [2.05, 4.69) is 0 Å². The van der Waals surface area contributed by atoms with Gasteiger partial charge in [0.05, 0.1) is 43.8 Å². The Morgan fingerprint density at radius 2 is 1.79 bits per heavy atom. The van der Waals surface area contributed by atoms with Gasteiger partial charge in [0.15, 0.2) is 6.29 Å². The Bertz CT molecular complexity index is 1070. The van der Waals surface area contributed by atoms with E-state index < -0.39 is 104 Å². The fraction of sp³-hybridized carbons (Fsp3) is 0.704. The first-order chi connectivity index (χ1) is 19.9. The van der Waals surface area contributed by atoms with E-state index >= 15 is 0 Å². The molecule has 42 heavy (non-hydrogen) atoms. The summed E-state index contributed by atoms with van der Waals surface area (Å²) in [5.74, 6) is -8.33. The van der Waals surface area contributed by atoms with Crippen molar-refractivity contribution in [1.82, 2.24) is 0 Å². The molecule has 2 fully saturated rings. The number of aliphatic carboxylic acids is 2. The first-order valence-corrected chi connectivity index (χ1v) is 13.5. The molecule has 15 nitrogen and oxygen atoms in total. The van der Waals surface area contributed by atoms with E-state index in [4.69, 9.17) is 23.7 Å². The molecule has 236 valence electrons. The van der Waals surface area contributed by atoms with Crippen LogP contribution in [-0.2, 0) is 42.9 Å². The summed E-state index contributed by atoms with van der Waals surface area (Å²) in [4.78, 5) is 49.3. The molecule has 0 aromatic heterocycles. The van der Waals surface area contributed by atoms with Crippen LogP contribution in [0.15, 0.2) is 23.5 Å². The molecule has 0 radical (unpaired) electrons. The van der Waals surface area contributed by atoms with Crippen molar-refractivity contribution < 1.29 is 73.5 Å². The van der Waals surface area contributed by atoms with Gasteiger partial charge in [-0.1, -0.05) is 13.0 Å². The van der Waals surface area contributed by atoms with Crippen molar-refractivity contribution in [1.29, 1.82) is 0 Å². The van der Waals surface area contributed by atoms with Gasteiger partial charge in [0.25, 0.3) is 0 Å². The van der Waals surface area contributed by atoms with Gasteiger partial charge in [-0.2, -0.15) is 0 Å². The van der Waals surface area contributed by atoms with Crippen molar-refractivity contribution in [3.05, 3.63) is 23.5 Å². The maximum atomic E-state index is 13.0. The summed E-state index contributed by atoms with van der Waals surface area (Å²) in [5, 5.41) is 59.3. The second-order valence-corrected chi connectivity index (χ2v) is 10.6. The number of carbonyl (C=O) groups excluding carboxylic acids is 2. The lowest BCUT2D eigenvalue weighted by Gasteiger charge is -2.41. The van der Waals surface area contributed by atoms with Crippen molar-refractivity contribution in [3.63, 3.8) is 0 Å². The van der Waals surface area contributed by atoms with Crippen LogP contribution in [0, 0.1) is 29.6 Å². The van der Waals surface area contributed by atoms with Gasteiger partial charge in [-0.3, -0.25) is 14.4 Å². The Morgan fingerprint density at radius 3 is 2.36 bits per heavy atom. The monoisotopic (exact) mass is 602 g/mol. The van der Waals surface area contributed by atoms with Gasteiger partial charge in [0.1, 0.15) is 31.0 Å². The number of esters is 2. The summed E-state index contributed by atoms with van der Waals surface area (Å²) >= 11 is 0.